The molecule has 0 N–H and O–H groups in total. The van der Waals surface area contributed by atoms with Crippen LogP contribution in [-0.2, 0) is 0 Å². The number of carbonyl (C=O) groups is 1. The third kappa shape index (κ3) is 3.08. The molecule has 0 atom stereocenters. The number of carboxylic acid groups (broad SMARTS) is 1. The molecule has 0 aliphatic rings. The highest BCUT2D eigenvalue weighted by molar-refractivity contribution is 6.03. The number of aromatic carboxylic acids is 1. The molecular formula is C20H18NO3-. The van der Waals surface area contributed by atoms with Gasteiger partial charge in [-0.3, -0.25) is 0 Å². The van der Waals surface area contributed by atoms with E-state index in [1.165, 1.54) is 0 Å². The number of hydrogen-bond donors (Lipinski definition) is 0. The van der Waals surface area contributed by atoms with Crippen molar-refractivity contribution in [2.75, 3.05) is 6.61 Å². The molecule has 0 spiro atoms. The Morgan fingerprint density at radius 2 is 1.92 bits per heavy atom. The first-order valence-electron chi connectivity index (χ1n) is 7.95. The lowest BCUT2D eigenvalue weighted by molar-refractivity contribution is -0.254. The van der Waals surface area contributed by atoms with E-state index in [2.05, 4.69) is 11.9 Å². The zero-order chi connectivity index (χ0) is 17.1. The molecule has 3 aromatic rings. The standard InChI is InChI=1S/C20H19NO3/c1-3-11-24-15-9-7-14(8-10-15)18-12-17(20(22)23)16-6-4-5-13(2)19(16)21-18/h4-10,12H,3,11H2,1-2H3,(H,22,23)/p-1. The van der Waals surface area contributed by atoms with Crippen LogP contribution >= 0.6 is 0 Å². The van der Waals surface area contributed by atoms with Crippen LogP contribution in [0.15, 0.2) is 48.5 Å². The minimum Gasteiger partial charge on any atom is -0.545 e. The lowest BCUT2D eigenvalue weighted by Crippen LogP contribution is -2.22. The summed E-state index contributed by atoms with van der Waals surface area (Å²) in [7, 11) is 0. The van der Waals surface area contributed by atoms with E-state index in [4.69, 9.17) is 4.74 Å². The van der Waals surface area contributed by atoms with Crippen LogP contribution in [0.1, 0.15) is 29.3 Å². The van der Waals surface area contributed by atoms with Crippen LogP contribution in [0, 0.1) is 6.92 Å². The number of rotatable bonds is 5. The molecule has 4 nitrogen and oxygen atoms in total. The number of carboxylic acids is 1. The molecule has 0 aliphatic carbocycles. The molecule has 0 unspecified atom stereocenters. The number of para-hydroxylation sites is 1. The van der Waals surface area contributed by atoms with E-state index in [0.717, 1.165) is 23.3 Å². The maximum atomic E-state index is 11.5. The molecule has 0 amide bonds. The molecule has 0 fully saturated rings. The van der Waals surface area contributed by atoms with Gasteiger partial charge in [-0.15, -0.1) is 0 Å². The Hall–Kier alpha value is -2.88. The van der Waals surface area contributed by atoms with Crippen molar-refractivity contribution in [3.05, 3.63) is 59.7 Å². The number of aromatic nitrogens is 1. The molecule has 24 heavy (non-hydrogen) atoms. The monoisotopic (exact) mass is 320 g/mol. The Labute approximate surface area is 140 Å². The summed E-state index contributed by atoms with van der Waals surface area (Å²) in [4.78, 5) is 16.2. The molecule has 1 aromatic heterocycles. The number of carbonyl (C=O) groups excluding carboxylic acids is 1. The van der Waals surface area contributed by atoms with Crippen molar-refractivity contribution in [2.24, 2.45) is 0 Å². The van der Waals surface area contributed by atoms with E-state index in [0.29, 0.717) is 23.2 Å². The molecule has 1 heterocycles. The molecular weight excluding hydrogens is 302 g/mol. The van der Waals surface area contributed by atoms with Gasteiger partial charge in [0.15, 0.2) is 0 Å². The molecule has 0 saturated carbocycles. The van der Waals surface area contributed by atoms with Gasteiger partial charge in [0.25, 0.3) is 0 Å². The molecule has 3 rings (SSSR count). The van der Waals surface area contributed by atoms with E-state index in [9.17, 15) is 9.90 Å². The maximum absolute atomic E-state index is 11.5. The summed E-state index contributed by atoms with van der Waals surface area (Å²) in [5, 5.41) is 12.1. The normalized spacial score (nSPS) is 10.8. The van der Waals surface area contributed by atoms with E-state index in [1.54, 1.807) is 12.1 Å². The smallest absolute Gasteiger partial charge is 0.119 e. The summed E-state index contributed by atoms with van der Waals surface area (Å²) in [6, 6.07) is 14.6. The van der Waals surface area contributed by atoms with Gasteiger partial charge in [-0.1, -0.05) is 25.1 Å². The van der Waals surface area contributed by atoms with E-state index >= 15 is 0 Å². The first kappa shape index (κ1) is 16.0. The molecule has 4 heteroatoms. The number of nitrogens with zero attached hydrogens (tertiary/aromatic N) is 1. The number of hydrogen-bond acceptors (Lipinski definition) is 4. The lowest BCUT2D eigenvalue weighted by atomic mass is 10.0. The summed E-state index contributed by atoms with van der Waals surface area (Å²) in [5.41, 5.74) is 3.22. The van der Waals surface area contributed by atoms with Crippen molar-refractivity contribution < 1.29 is 14.6 Å². The van der Waals surface area contributed by atoms with Crippen molar-refractivity contribution >= 4 is 16.9 Å². The predicted molar refractivity (Wildman–Crippen MR) is 92.0 cm³/mol. The topological polar surface area (TPSA) is 62.2 Å². The Kier molecular flexibility index (Phi) is 4.47. The molecule has 2 aromatic carbocycles. The molecule has 122 valence electrons. The van der Waals surface area contributed by atoms with Gasteiger partial charge in [0, 0.05) is 16.5 Å². The number of aryl methyl sites for hydroxylation is 1. The highest BCUT2D eigenvalue weighted by Gasteiger charge is 2.10. The van der Waals surface area contributed by atoms with Crippen LogP contribution in [0.3, 0.4) is 0 Å². The van der Waals surface area contributed by atoms with Gasteiger partial charge in [0.1, 0.15) is 5.75 Å². The van der Waals surface area contributed by atoms with Gasteiger partial charge < -0.3 is 14.6 Å². The third-order valence-corrected chi connectivity index (χ3v) is 3.88. The first-order chi connectivity index (χ1) is 11.6. The molecule has 0 aliphatic heterocycles. The number of pyridine rings is 1. The second kappa shape index (κ2) is 6.71. The minimum absolute atomic E-state index is 0.157. The fourth-order valence-electron chi connectivity index (χ4n) is 2.65. The largest absolute Gasteiger partial charge is 0.545 e. The van der Waals surface area contributed by atoms with Crippen LogP contribution in [0.2, 0.25) is 0 Å². The van der Waals surface area contributed by atoms with E-state index < -0.39 is 5.97 Å². The van der Waals surface area contributed by atoms with Crippen molar-refractivity contribution in [3.63, 3.8) is 0 Å². The zero-order valence-electron chi connectivity index (χ0n) is 13.7. The number of fused-ring (bicyclic) bond motifs is 1. The Morgan fingerprint density at radius 3 is 2.58 bits per heavy atom. The number of benzene rings is 2. The summed E-state index contributed by atoms with van der Waals surface area (Å²) in [6.07, 6.45) is 0.947. The van der Waals surface area contributed by atoms with Crippen molar-refractivity contribution in [1.82, 2.24) is 4.98 Å². The third-order valence-electron chi connectivity index (χ3n) is 3.88. The van der Waals surface area contributed by atoms with Gasteiger partial charge in [0.2, 0.25) is 0 Å². The SMILES string of the molecule is CCCOc1ccc(-c2cc(C(=O)[O-])c3cccc(C)c3n2)cc1. The second-order valence-electron chi connectivity index (χ2n) is 5.69. The highest BCUT2D eigenvalue weighted by Crippen LogP contribution is 2.27. The van der Waals surface area contributed by atoms with Gasteiger partial charge in [-0.05, 0) is 49.2 Å². The first-order valence-corrected chi connectivity index (χ1v) is 7.95. The summed E-state index contributed by atoms with van der Waals surface area (Å²) >= 11 is 0. The Bertz CT molecular complexity index is 885. The lowest BCUT2D eigenvalue weighted by Gasteiger charge is -2.12. The Balaban J connectivity index is 2.09. The van der Waals surface area contributed by atoms with Crippen LogP contribution in [-0.4, -0.2) is 17.6 Å². The summed E-state index contributed by atoms with van der Waals surface area (Å²) in [6.45, 7) is 4.64. The van der Waals surface area contributed by atoms with Crippen LogP contribution < -0.4 is 9.84 Å². The van der Waals surface area contributed by atoms with E-state index in [1.807, 2.05) is 43.3 Å². The van der Waals surface area contributed by atoms with Crippen molar-refractivity contribution in [1.29, 1.82) is 0 Å². The average molecular weight is 320 g/mol. The van der Waals surface area contributed by atoms with Crippen LogP contribution in [0.25, 0.3) is 22.2 Å². The summed E-state index contributed by atoms with van der Waals surface area (Å²) < 4.78 is 5.57. The van der Waals surface area contributed by atoms with Gasteiger partial charge in [-0.2, -0.15) is 0 Å². The number of ether oxygens (including phenoxy) is 1. The molecule has 0 radical (unpaired) electrons. The molecule has 0 saturated heterocycles. The summed E-state index contributed by atoms with van der Waals surface area (Å²) in [5.74, 6) is -0.408. The van der Waals surface area contributed by atoms with Crippen molar-refractivity contribution in [3.8, 4) is 17.0 Å². The molecule has 0 bridgehead atoms. The van der Waals surface area contributed by atoms with E-state index in [-0.39, 0.29) is 5.56 Å². The second-order valence-corrected chi connectivity index (χ2v) is 5.69. The quantitative estimate of drug-likeness (QED) is 0.723. The average Bonchev–Trinajstić information content (AvgIpc) is 2.60. The fraction of sp³-hybridized carbons (Fsp3) is 0.200. The van der Waals surface area contributed by atoms with Crippen LogP contribution in [0.5, 0.6) is 5.75 Å². The van der Waals surface area contributed by atoms with Gasteiger partial charge in [0.05, 0.1) is 23.8 Å². The van der Waals surface area contributed by atoms with Crippen LogP contribution in [0.4, 0.5) is 0 Å². The fourth-order valence-corrected chi connectivity index (χ4v) is 2.65. The Morgan fingerprint density at radius 1 is 1.17 bits per heavy atom. The zero-order valence-corrected chi connectivity index (χ0v) is 13.7. The predicted octanol–water partition coefficient (Wildman–Crippen LogP) is 3.36. The van der Waals surface area contributed by atoms with Gasteiger partial charge in [-0.25, -0.2) is 4.98 Å². The minimum atomic E-state index is -1.20. The maximum Gasteiger partial charge on any atom is 0.119 e. The highest BCUT2D eigenvalue weighted by atomic mass is 16.5. The van der Waals surface area contributed by atoms with Gasteiger partial charge >= 0.3 is 0 Å². The van der Waals surface area contributed by atoms with Crippen molar-refractivity contribution in [2.45, 2.75) is 20.3 Å².